The summed E-state index contributed by atoms with van der Waals surface area (Å²) >= 11 is 1.45. The predicted molar refractivity (Wildman–Crippen MR) is 160 cm³/mol. The SMILES string of the molecule is O=C(CC(CCN1CCCCCC1)c1ccccc1)C1SCCN1S(=O)(=O)c1ccc(-c2ccccc2)cc1. The van der Waals surface area contributed by atoms with E-state index in [1.165, 1.54) is 41.8 Å². The normalized spacial score (nSPS) is 19.9. The van der Waals surface area contributed by atoms with Crippen LogP contribution >= 0.6 is 11.8 Å². The number of sulfonamides is 1. The number of benzene rings is 3. The lowest BCUT2D eigenvalue weighted by molar-refractivity contribution is -0.120. The first kappa shape index (κ1) is 28.1. The van der Waals surface area contributed by atoms with E-state index in [-0.39, 0.29) is 16.6 Å². The van der Waals surface area contributed by atoms with E-state index in [9.17, 15) is 13.2 Å². The second-order valence-electron chi connectivity index (χ2n) is 10.6. The number of nitrogens with zero attached hydrogens (tertiary/aromatic N) is 2. The molecule has 0 spiro atoms. The van der Waals surface area contributed by atoms with Gasteiger partial charge in [-0.1, -0.05) is 85.6 Å². The fourth-order valence-electron chi connectivity index (χ4n) is 5.69. The summed E-state index contributed by atoms with van der Waals surface area (Å²) in [7, 11) is -3.78. The Bertz CT molecular complexity index is 1310. The number of hydrogen-bond acceptors (Lipinski definition) is 5. The van der Waals surface area contributed by atoms with Crippen LogP contribution in [0.2, 0.25) is 0 Å². The molecule has 2 saturated heterocycles. The van der Waals surface area contributed by atoms with E-state index in [1.807, 2.05) is 60.7 Å². The predicted octanol–water partition coefficient (Wildman–Crippen LogP) is 6.43. The molecule has 2 aliphatic heterocycles. The van der Waals surface area contributed by atoms with Crippen LogP contribution < -0.4 is 0 Å². The molecule has 2 fully saturated rings. The van der Waals surface area contributed by atoms with Crippen molar-refractivity contribution >= 4 is 27.6 Å². The van der Waals surface area contributed by atoms with Crippen LogP contribution in [0, 0.1) is 0 Å². The zero-order valence-corrected chi connectivity index (χ0v) is 24.1. The zero-order valence-electron chi connectivity index (χ0n) is 22.5. The average molecular weight is 563 g/mol. The van der Waals surface area contributed by atoms with Crippen molar-refractivity contribution in [2.45, 2.75) is 54.7 Å². The van der Waals surface area contributed by atoms with Crippen LogP contribution in [0.3, 0.4) is 0 Å². The summed E-state index contributed by atoms with van der Waals surface area (Å²) in [6.07, 6.45) is 6.35. The van der Waals surface area contributed by atoms with Gasteiger partial charge in [0.1, 0.15) is 5.37 Å². The minimum absolute atomic E-state index is 0.00620. The highest BCUT2D eigenvalue weighted by Crippen LogP contribution is 2.35. The van der Waals surface area contributed by atoms with Gasteiger partial charge in [-0.25, -0.2) is 8.42 Å². The molecule has 0 radical (unpaired) electrons. The van der Waals surface area contributed by atoms with Crippen LogP contribution in [-0.2, 0) is 14.8 Å². The van der Waals surface area contributed by atoms with Crippen LogP contribution in [0.15, 0.2) is 89.8 Å². The Hall–Kier alpha value is -2.45. The fourth-order valence-corrected chi connectivity index (χ4v) is 8.86. The van der Waals surface area contributed by atoms with Crippen molar-refractivity contribution in [1.82, 2.24) is 9.21 Å². The van der Waals surface area contributed by atoms with E-state index in [2.05, 4.69) is 17.0 Å². The molecule has 5 rings (SSSR count). The van der Waals surface area contributed by atoms with E-state index in [0.717, 1.165) is 42.7 Å². The molecular formula is C32H38N2O3S2. The average Bonchev–Trinajstić information content (AvgIpc) is 3.35. The van der Waals surface area contributed by atoms with Gasteiger partial charge in [0.2, 0.25) is 10.0 Å². The van der Waals surface area contributed by atoms with Crippen molar-refractivity contribution in [1.29, 1.82) is 0 Å². The highest BCUT2D eigenvalue weighted by atomic mass is 32.2. The van der Waals surface area contributed by atoms with E-state index in [4.69, 9.17) is 0 Å². The maximum Gasteiger partial charge on any atom is 0.244 e. The van der Waals surface area contributed by atoms with Gasteiger partial charge >= 0.3 is 0 Å². The first-order chi connectivity index (χ1) is 19.0. The second-order valence-corrected chi connectivity index (χ2v) is 13.6. The topological polar surface area (TPSA) is 57.7 Å². The molecule has 2 unspecified atom stereocenters. The molecule has 0 aliphatic carbocycles. The minimum Gasteiger partial charge on any atom is -0.303 e. The first-order valence-electron chi connectivity index (χ1n) is 14.1. The highest BCUT2D eigenvalue weighted by Gasteiger charge is 2.40. The largest absolute Gasteiger partial charge is 0.303 e. The molecule has 0 amide bonds. The minimum atomic E-state index is -3.78. The molecule has 206 valence electrons. The molecule has 0 saturated carbocycles. The lowest BCUT2D eigenvalue weighted by Crippen LogP contribution is -2.40. The molecule has 3 aromatic carbocycles. The number of likely N-dealkylation sites (tertiary alicyclic amines) is 1. The smallest absolute Gasteiger partial charge is 0.244 e. The Labute approximate surface area is 237 Å². The van der Waals surface area contributed by atoms with Crippen LogP contribution in [0.1, 0.15) is 50.0 Å². The summed E-state index contributed by atoms with van der Waals surface area (Å²) in [6.45, 7) is 3.58. The molecule has 39 heavy (non-hydrogen) atoms. The monoisotopic (exact) mass is 562 g/mol. The van der Waals surface area contributed by atoms with E-state index < -0.39 is 15.4 Å². The second kappa shape index (κ2) is 13.3. The van der Waals surface area contributed by atoms with Crippen molar-refractivity contribution in [3.63, 3.8) is 0 Å². The van der Waals surface area contributed by atoms with Crippen molar-refractivity contribution in [2.75, 3.05) is 31.9 Å². The molecule has 2 aliphatic rings. The van der Waals surface area contributed by atoms with E-state index in [1.54, 1.807) is 12.1 Å². The van der Waals surface area contributed by atoms with Gasteiger partial charge in [0.25, 0.3) is 0 Å². The lowest BCUT2D eigenvalue weighted by Gasteiger charge is -2.26. The number of hydrogen-bond donors (Lipinski definition) is 0. The van der Waals surface area contributed by atoms with Crippen molar-refractivity contribution in [3.05, 3.63) is 90.5 Å². The summed E-state index contributed by atoms with van der Waals surface area (Å²) in [5.41, 5.74) is 3.17. The zero-order chi connectivity index (χ0) is 27.1. The highest BCUT2D eigenvalue weighted by molar-refractivity contribution is 8.02. The van der Waals surface area contributed by atoms with Crippen LogP contribution in [0.25, 0.3) is 11.1 Å². The van der Waals surface area contributed by atoms with Crippen LogP contribution in [-0.4, -0.2) is 60.7 Å². The van der Waals surface area contributed by atoms with Gasteiger partial charge in [0, 0.05) is 18.7 Å². The summed E-state index contributed by atoms with van der Waals surface area (Å²) in [6, 6.07) is 27.2. The standard InChI is InChI=1S/C32H38N2O3S2/c35-31(25-29(27-13-7-4-8-14-27)19-22-33-20-9-1-2-10-21-33)32-34(23-24-38-32)39(36,37)30-17-15-28(16-18-30)26-11-5-3-6-12-26/h3-8,11-18,29,32H,1-2,9-10,19-25H2. The molecule has 0 bridgehead atoms. The Balaban J connectivity index is 1.29. The molecule has 2 heterocycles. The Morgan fingerprint density at radius 1 is 0.795 bits per heavy atom. The van der Waals surface area contributed by atoms with Crippen LogP contribution in [0.4, 0.5) is 0 Å². The quantitative estimate of drug-likeness (QED) is 0.285. The molecule has 2 atom stereocenters. The first-order valence-corrected chi connectivity index (χ1v) is 16.6. The van der Waals surface area contributed by atoms with Gasteiger partial charge < -0.3 is 4.90 Å². The van der Waals surface area contributed by atoms with E-state index in [0.29, 0.717) is 18.7 Å². The van der Waals surface area contributed by atoms with Gasteiger partial charge in [-0.3, -0.25) is 4.79 Å². The third-order valence-electron chi connectivity index (χ3n) is 7.90. The summed E-state index contributed by atoms with van der Waals surface area (Å²) in [4.78, 5) is 16.5. The van der Waals surface area contributed by atoms with Crippen molar-refractivity contribution in [2.24, 2.45) is 0 Å². The molecule has 7 heteroatoms. The summed E-state index contributed by atoms with van der Waals surface area (Å²) in [5, 5.41) is -0.673. The fraction of sp³-hybridized carbons (Fsp3) is 0.406. The third kappa shape index (κ3) is 7.01. The lowest BCUT2D eigenvalue weighted by atomic mass is 9.90. The summed E-state index contributed by atoms with van der Waals surface area (Å²) < 4.78 is 28.8. The molecule has 0 aromatic heterocycles. The number of carbonyl (C=O) groups excluding carboxylic acids is 1. The number of Topliss-reactive ketones (excluding diaryl/α,β-unsaturated/α-hetero) is 1. The Kier molecular flexibility index (Phi) is 9.56. The molecule has 5 nitrogen and oxygen atoms in total. The molecule has 3 aromatic rings. The van der Waals surface area contributed by atoms with Gasteiger partial charge in [0.05, 0.1) is 4.90 Å². The number of rotatable bonds is 10. The Morgan fingerprint density at radius 2 is 1.41 bits per heavy atom. The van der Waals surface area contributed by atoms with Crippen LogP contribution in [0.5, 0.6) is 0 Å². The Morgan fingerprint density at radius 3 is 2.08 bits per heavy atom. The van der Waals surface area contributed by atoms with Gasteiger partial charge in [-0.2, -0.15) is 4.31 Å². The maximum absolute atomic E-state index is 13.7. The number of thioether (sulfide) groups is 1. The number of ketones is 1. The maximum atomic E-state index is 13.7. The van der Waals surface area contributed by atoms with E-state index >= 15 is 0 Å². The molecular weight excluding hydrogens is 524 g/mol. The van der Waals surface area contributed by atoms with Gasteiger partial charge in [-0.05, 0) is 73.6 Å². The summed E-state index contributed by atoms with van der Waals surface area (Å²) in [5.74, 6) is 0.714. The van der Waals surface area contributed by atoms with Gasteiger partial charge in [0.15, 0.2) is 5.78 Å². The van der Waals surface area contributed by atoms with Crippen molar-refractivity contribution in [3.8, 4) is 11.1 Å². The van der Waals surface area contributed by atoms with Gasteiger partial charge in [-0.15, -0.1) is 11.8 Å². The third-order valence-corrected chi connectivity index (χ3v) is 11.2. The van der Waals surface area contributed by atoms with Crippen molar-refractivity contribution < 1.29 is 13.2 Å². The molecule has 0 N–H and O–H groups in total. The number of carbonyl (C=O) groups is 1.